The number of carbonyl (C=O) groups excluding carboxylic acids is 1. The van der Waals surface area contributed by atoms with Crippen LogP contribution in [0.4, 0.5) is 0 Å². The van der Waals surface area contributed by atoms with E-state index in [1.165, 1.54) is 6.42 Å². The standard InChI is InChI=1S/C15H18N2O/c1-12-4-2-3-9-17(12)15(18)10-13-5-7-14(11-16)8-6-13/h5-8,12H,2-4,9-10H2,1H3. The summed E-state index contributed by atoms with van der Waals surface area (Å²) in [6.45, 7) is 3.01. The summed E-state index contributed by atoms with van der Waals surface area (Å²) in [5.74, 6) is 0.201. The topological polar surface area (TPSA) is 44.1 Å². The van der Waals surface area contributed by atoms with Crippen molar-refractivity contribution in [2.24, 2.45) is 0 Å². The van der Waals surface area contributed by atoms with Crippen molar-refractivity contribution in [3.63, 3.8) is 0 Å². The molecule has 18 heavy (non-hydrogen) atoms. The van der Waals surface area contributed by atoms with E-state index in [2.05, 4.69) is 13.0 Å². The highest BCUT2D eigenvalue weighted by Crippen LogP contribution is 2.17. The minimum atomic E-state index is 0.201. The Bertz CT molecular complexity index is 458. The monoisotopic (exact) mass is 242 g/mol. The number of carbonyl (C=O) groups is 1. The minimum Gasteiger partial charge on any atom is -0.340 e. The first-order valence-electron chi connectivity index (χ1n) is 6.49. The van der Waals surface area contributed by atoms with Gasteiger partial charge >= 0.3 is 0 Å². The van der Waals surface area contributed by atoms with Crippen molar-refractivity contribution in [2.75, 3.05) is 6.54 Å². The zero-order chi connectivity index (χ0) is 13.0. The van der Waals surface area contributed by atoms with Gasteiger partial charge in [-0.05, 0) is 43.9 Å². The summed E-state index contributed by atoms with van der Waals surface area (Å²) in [5, 5.41) is 8.72. The molecule has 1 amide bonds. The predicted molar refractivity (Wildman–Crippen MR) is 69.9 cm³/mol. The van der Waals surface area contributed by atoms with Gasteiger partial charge in [0.15, 0.2) is 0 Å². The quantitative estimate of drug-likeness (QED) is 0.799. The molecule has 0 bridgehead atoms. The SMILES string of the molecule is CC1CCCCN1C(=O)Cc1ccc(C#N)cc1. The summed E-state index contributed by atoms with van der Waals surface area (Å²) in [7, 11) is 0. The smallest absolute Gasteiger partial charge is 0.227 e. The first-order valence-corrected chi connectivity index (χ1v) is 6.49. The van der Waals surface area contributed by atoms with Gasteiger partial charge in [0.25, 0.3) is 0 Å². The van der Waals surface area contributed by atoms with E-state index in [0.717, 1.165) is 24.9 Å². The first kappa shape index (κ1) is 12.6. The fourth-order valence-corrected chi connectivity index (χ4v) is 2.44. The second-order valence-corrected chi connectivity index (χ2v) is 4.92. The number of benzene rings is 1. The van der Waals surface area contributed by atoms with Crippen LogP contribution in [0.2, 0.25) is 0 Å². The molecule has 94 valence electrons. The van der Waals surface area contributed by atoms with E-state index in [4.69, 9.17) is 5.26 Å². The molecule has 1 aromatic carbocycles. The molecule has 2 rings (SSSR count). The second-order valence-electron chi connectivity index (χ2n) is 4.92. The van der Waals surface area contributed by atoms with Crippen molar-refractivity contribution in [1.82, 2.24) is 4.90 Å². The van der Waals surface area contributed by atoms with Crippen LogP contribution in [0, 0.1) is 11.3 Å². The van der Waals surface area contributed by atoms with Crippen LogP contribution in [0.1, 0.15) is 37.3 Å². The summed E-state index contributed by atoms with van der Waals surface area (Å²) in [5.41, 5.74) is 1.62. The lowest BCUT2D eigenvalue weighted by atomic mass is 10.0. The van der Waals surface area contributed by atoms with Gasteiger partial charge in [0, 0.05) is 12.6 Å². The van der Waals surface area contributed by atoms with Gasteiger partial charge in [-0.2, -0.15) is 5.26 Å². The molecule has 3 heteroatoms. The van der Waals surface area contributed by atoms with Crippen LogP contribution < -0.4 is 0 Å². The van der Waals surface area contributed by atoms with E-state index in [0.29, 0.717) is 18.0 Å². The molecule has 1 aliphatic heterocycles. The highest BCUT2D eigenvalue weighted by atomic mass is 16.2. The summed E-state index contributed by atoms with van der Waals surface area (Å²) in [6, 6.07) is 9.71. The van der Waals surface area contributed by atoms with E-state index in [1.54, 1.807) is 12.1 Å². The molecule has 0 N–H and O–H groups in total. The van der Waals surface area contributed by atoms with Crippen LogP contribution in [0.15, 0.2) is 24.3 Å². The van der Waals surface area contributed by atoms with Crippen molar-refractivity contribution in [3.8, 4) is 6.07 Å². The van der Waals surface area contributed by atoms with Crippen molar-refractivity contribution in [1.29, 1.82) is 5.26 Å². The summed E-state index contributed by atoms with van der Waals surface area (Å²) in [4.78, 5) is 14.2. The number of nitriles is 1. The van der Waals surface area contributed by atoms with E-state index in [-0.39, 0.29) is 5.91 Å². The van der Waals surface area contributed by atoms with Crippen LogP contribution in [-0.4, -0.2) is 23.4 Å². The third-order valence-electron chi connectivity index (χ3n) is 3.56. The Balaban J connectivity index is 1.99. The van der Waals surface area contributed by atoms with Crippen LogP contribution in [0.3, 0.4) is 0 Å². The van der Waals surface area contributed by atoms with Crippen molar-refractivity contribution >= 4 is 5.91 Å². The largest absolute Gasteiger partial charge is 0.340 e. The van der Waals surface area contributed by atoms with Crippen molar-refractivity contribution in [3.05, 3.63) is 35.4 Å². The molecule has 1 saturated heterocycles. The number of hydrogen-bond acceptors (Lipinski definition) is 2. The van der Waals surface area contributed by atoms with Crippen molar-refractivity contribution < 1.29 is 4.79 Å². The van der Waals surface area contributed by atoms with E-state index in [9.17, 15) is 4.79 Å². The second kappa shape index (κ2) is 5.68. The predicted octanol–water partition coefficient (Wildman–Crippen LogP) is 2.50. The number of likely N-dealkylation sites (tertiary alicyclic amines) is 1. The molecule has 0 aromatic heterocycles. The molecule has 1 heterocycles. The Kier molecular flexibility index (Phi) is 3.99. The zero-order valence-electron chi connectivity index (χ0n) is 10.7. The van der Waals surface area contributed by atoms with Crippen molar-refractivity contribution in [2.45, 2.75) is 38.6 Å². The average molecular weight is 242 g/mol. The maximum Gasteiger partial charge on any atom is 0.227 e. The Morgan fingerprint density at radius 1 is 1.39 bits per heavy atom. The number of hydrogen-bond donors (Lipinski definition) is 0. The number of piperidine rings is 1. The maximum atomic E-state index is 12.2. The molecule has 0 spiro atoms. The lowest BCUT2D eigenvalue weighted by Gasteiger charge is -2.33. The zero-order valence-corrected chi connectivity index (χ0v) is 10.7. The van der Waals surface area contributed by atoms with Gasteiger partial charge < -0.3 is 4.90 Å². The molecule has 1 unspecified atom stereocenters. The van der Waals surface area contributed by atoms with Crippen LogP contribution in [-0.2, 0) is 11.2 Å². The molecule has 1 fully saturated rings. The highest BCUT2D eigenvalue weighted by molar-refractivity contribution is 5.79. The van der Waals surface area contributed by atoms with Gasteiger partial charge in [0.1, 0.15) is 0 Å². The molecule has 1 atom stereocenters. The van der Waals surface area contributed by atoms with Gasteiger partial charge in [0.05, 0.1) is 18.1 Å². The number of nitrogens with zero attached hydrogens (tertiary/aromatic N) is 2. The third-order valence-corrected chi connectivity index (χ3v) is 3.56. The Morgan fingerprint density at radius 3 is 2.72 bits per heavy atom. The van der Waals surface area contributed by atoms with Crippen LogP contribution >= 0.6 is 0 Å². The fourth-order valence-electron chi connectivity index (χ4n) is 2.44. The molecule has 0 saturated carbocycles. The third kappa shape index (κ3) is 2.89. The van der Waals surface area contributed by atoms with E-state index < -0.39 is 0 Å². The summed E-state index contributed by atoms with van der Waals surface area (Å²) < 4.78 is 0. The maximum absolute atomic E-state index is 12.2. The van der Waals surface area contributed by atoms with Crippen LogP contribution in [0.25, 0.3) is 0 Å². The molecule has 0 aliphatic carbocycles. The number of rotatable bonds is 2. The van der Waals surface area contributed by atoms with E-state index in [1.807, 2.05) is 17.0 Å². The fraction of sp³-hybridized carbons (Fsp3) is 0.467. The summed E-state index contributed by atoms with van der Waals surface area (Å²) >= 11 is 0. The van der Waals surface area contributed by atoms with Gasteiger partial charge in [-0.25, -0.2) is 0 Å². The average Bonchev–Trinajstić information content (AvgIpc) is 2.40. The molecule has 1 aromatic rings. The molecular weight excluding hydrogens is 224 g/mol. The van der Waals surface area contributed by atoms with E-state index >= 15 is 0 Å². The Hall–Kier alpha value is -1.82. The molecule has 1 aliphatic rings. The highest BCUT2D eigenvalue weighted by Gasteiger charge is 2.22. The lowest BCUT2D eigenvalue weighted by molar-refractivity contribution is -0.133. The summed E-state index contributed by atoms with van der Waals surface area (Å²) in [6.07, 6.45) is 3.89. The minimum absolute atomic E-state index is 0.201. The normalized spacial score (nSPS) is 19.3. The van der Waals surface area contributed by atoms with Gasteiger partial charge in [-0.1, -0.05) is 12.1 Å². The van der Waals surface area contributed by atoms with Gasteiger partial charge in [-0.15, -0.1) is 0 Å². The Labute approximate surface area is 108 Å². The first-order chi connectivity index (χ1) is 8.70. The van der Waals surface area contributed by atoms with Gasteiger partial charge in [0.2, 0.25) is 5.91 Å². The molecule has 0 radical (unpaired) electrons. The lowest BCUT2D eigenvalue weighted by Crippen LogP contribution is -2.42. The van der Waals surface area contributed by atoms with Gasteiger partial charge in [-0.3, -0.25) is 4.79 Å². The Morgan fingerprint density at radius 2 is 2.11 bits per heavy atom. The molecule has 3 nitrogen and oxygen atoms in total. The van der Waals surface area contributed by atoms with Crippen LogP contribution in [0.5, 0.6) is 0 Å². The number of amides is 1. The molecular formula is C15H18N2O.